The highest BCUT2D eigenvalue weighted by molar-refractivity contribution is 7.99. The zero-order valence-electron chi connectivity index (χ0n) is 13.3. The number of rotatable bonds is 6. The standard InChI is InChI=1S/C16H21N5S/c1-4-21(5-2)8-9-22-16-18-15-14(19-20-16)12-10-11(3)6-7-13(12)17-15/h6-7,10H,4-5,8-9H2,1-3H3,(H,17,18,20). The molecule has 2 aromatic heterocycles. The fraction of sp³-hybridized carbons (Fsp3) is 0.438. The van der Waals surface area contributed by atoms with Crippen molar-refractivity contribution < 1.29 is 0 Å². The van der Waals surface area contributed by atoms with Crippen LogP contribution in [0.4, 0.5) is 0 Å². The normalized spacial score (nSPS) is 11.8. The number of benzene rings is 1. The molecule has 6 heteroatoms. The van der Waals surface area contributed by atoms with Gasteiger partial charge in [0.2, 0.25) is 5.16 Å². The monoisotopic (exact) mass is 315 g/mol. The maximum Gasteiger partial charge on any atom is 0.211 e. The minimum atomic E-state index is 0.739. The molecule has 22 heavy (non-hydrogen) atoms. The van der Waals surface area contributed by atoms with Crippen LogP contribution >= 0.6 is 11.8 Å². The molecule has 1 aromatic carbocycles. The van der Waals surface area contributed by atoms with Gasteiger partial charge in [0.1, 0.15) is 5.52 Å². The molecule has 0 aliphatic rings. The lowest BCUT2D eigenvalue weighted by molar-refractivity contribution is 0.324. The van der Waals surface area contributed by atoms with Gasteiger partial charge in [0.25, 0.3) is 0 Å². The molecule has 2 heterocycles. The first-order valence-corrected chi connectivity index (χ1v) is 8.67. The molecule has 116 valence electrons. The van der Waals surface area contributed by atoms with Gasteiger partial charge in [-0.25, -0.2) is 4.98 Å². The Hall–Kier alpha value is -1.66. The van der Waals surface area contributed by atoms with Crippen molar-refractivity contribution in [2.45, 2.75) is 25.9 Å². The number of nitrogens with one attached hydrogen (secondary N) is 1. The molecule has 5 nitrogen and oxygen atoms in total. The molecule has 0 radical (unpaired) electrons. The van der Waals surface area contributed by atoms with E-state index in [1.165, 1.54) is 5.56 Å². The summed E-state index contributed by atoms with van der Waals surface area (Å²) in [5, 5.41) is 10.5. The largest absolute Gasteiger partial charge is 0.338 e. The van der Waals surface area contributed by atoms with Crippen LogP contribution in [0.1, 0.15) is 19.4 Å². The number of aromatic nitrogens is 4. The Morgan fingerprint density at radius 3 is 2.77 bits per heavy atom. The van der Waals surface area contributed by atoms with E-state index in [9.17, 15) is 0 Å². The lowest BCUT2D eigenvalue weighted by Crippen LogP contribution is -2.25. The molecule has 0 saturated heterocycles. The predicted octanol–water partition coefficient (Wildman–Crippen LogP) is 3.25. The number of aromatic amines is 1. The van der Waals surface area contributed by atoms with Crippen molar-refractivity contribution in [2.24, 2.45) is 0 Å². The van der Waals surface area contributed by atoms with E-state index in [-0.39, 0.29) is 0 Å². The summed E-state index contributed by atoms with van der Waals surface area (Å²) in [6.45, 7) is 9.66. The van der Waals surface area contributed by atoms with E-state index in [1.807, 2.05) is 0 Å². The third kappa shape index (κ3) is 3.08. The van der Waals surface area contributed by atoms with Crippen LogP contribution in [0, 0.1) is 6.92 Å². The molecule has 0 spiro atoms. The second-order valence-corrected chi connectivity index (χ2v) is 6.40. The summed E-state index contributed by atoms with van der Waals surface area (Å²) in [5.41, 5.74) is 3.95. The molecule has 0 saturated carbocycles. The molecule has 0 bridgehead atoms. The van der Waals surface area contributed by atoms with Crippen LogP contribution < -0.4 is 0 Å². The van der Waals surface area contributed by atoms with Gasteiger partial charge in [-0.2, -0.15) is 0 Å². The number of aryl methyl sites for hydroxylation is 1. The Balaban J connectivity index is 1.80. The maximum atomic E-state index is 4.61. The molecule has 0 amide bonds. The second-order valence-electron chi connectivity index (χ2n) is 5.34. The maximum absolute atomic E-state index is 4.61. The highest BCUT2D eigenvalue weighted by Crippen LogP contribution is 2.24. The minimum Gasteiger partial charge on any atom is -0.338 e. The second kappa shape index (κ2) is 6.62. The van der Waals surface area contributed by atoms with Gasteiger partial charge < -0.3 is 9.88 Å². The van der Waals surface area contributed by atoms with Crippen molar-refractivity contribution in [1.29, 1.82) is 0 Å². The Morgan fingerprint density at radius 2 is 2.00 bits per heavy atom. The summed E-state index contributed by atoms with van der Waals surface area (Å²) in [6.07, 6.45) is 0. The van der Waals surface area contributed by atoms with Crippen LogP contribution in [-0.2, 0) is 0 Å². The summed E-state index contributed by atoms with van der Waals surface area (Å²) in [7, 11) is 0. The third-order valence-corrected chi connectivity index (χ3v) is 4.70. The van der Waals surface area contributed by atoms with Crippen molar-refractivity contribution >= 4 is 33.8 Å². The van der Waals surface area contributed by atoms with Gasteiger partial charge in [-0.1, -0.05) is 37.2 Å². The van der Waals surface area contributed by atoms with Gasteiger partial charge >= 0.3 is 0 Å². The fourth-order valence-electron chi connectivity index (χ4n) is 2.54. The van der Waals surface area contributed by atoms with E-state index in [1.54, 1.807) is 11.8 Å². The van der Waals surface area contributed by atoms with E-state index in [0.717, 1.165) is 52.6 Å². The molecule has 0 aliphatic carbocycles. The van der Waals surface area contributed by atoms with E-state index < -0.39 is 0 Å². The topological polar surface area (TPSA) is 57.7 Å². The summed E-state index contributed by atoms with van der Waals surface area (Å²) in [4.78, 5) is 10.3. The number of fused-ring (bicyclic) bond motifs is 3. The first-order chi connectivity index (χ1) is 10.7. The van der Waals surface area contributed by atoms with Crippen molar-refractivity contribution in [2.75, 3.05) is 25.4 Å². The third-order valence-electron chi connectivity index (χ3n) is 3.88. The van der Waals surface area contributed by atoms with Gasteiger partial charge in [-0.3, -0.25) is 0 Å². The van der Waals surface area contributed by atoms with E-state index in [0.29, 0.717) is 0 Å². The summed E-state index contributed by atoms with van der Waals surface area (Å²) < 4.78 is 0. The van der Waals surface area contributed by atoms with E-state index >= 15 is 0 Å². The van der Waals surface area contributed by atoms with Crippen LogP contribution in [-0.4, -0.2) is 50.5 Å². The number of hydrogen-bond acceptors (Lipinski definition) is 5. The lowest BCUT2D eigenvalue weighted by atomic mass is 10.2. The zero-order chi connectivity index (χ0) is 15.5. The SMILES string of the molecule is CCN(CC)CCSc1nnc2c(n1)[nH]c1ccc(C)cc12. The van der Waals surface area contributed by atoms with Crippen molar-refractivity contribution in [1.82, 2.24) is 25.1 Å². The fourth-order valence-corrected chi connectivity index (χ4v) is 3.32. The van der Waals surface area contributed by atoms with Crippen LogP contribution in [0.3, 0.4) is 0 Å². The predicted molar refractivity (Wildman–Crippen MR) is 92.4 cm³/mol. The first kappa shape index (κ1) is 15.2. The molecule has 1 N–H and O–H groups in total. The van der Waals surface area contributed by atoms with Crippen molar-refractivity contribution in [3.63, 3.8) is 0 Å². The van der Waals surface area contributed by atoms with Crippen LogP contribution in [0.2, 0.25) is 0 Å². The number of hydrogen-bond donors (Lipinski definition) is 1. The minimum absolute atomic E-state index is 0.739. The zero-order valence-corrected chi connectivity index (χ0v) is 14.1. The van der Waals surface area contributed by atoms with Gasteiger partial charge in [0, 0.05) is 23.2 Å². The Morgan fingerprint density at radius 1 is 1.18 bits per heavy atom. The van der Waals surface area contributed by atoms with Gasteiger partial charge in [0.15, 0.2) is 5.65 Å². The van der Waals surface area contributed by atoms with Gasteiger partial charge in [-0.15, -0.1) is 10.2 Å². The van der Waals surface area contributed by atoms with E-state index in [2.05, 4.69) is 64.0 Å². The van der Waals surface area contributed by atoms with Crippen LogP contribution in [0.5, 0.6) is 0 Å². The smallest absolute Gasteiger partial charge is 0.211 e. The average molecular weight is 315 g/mol. The van der Waals surface area contributed by atoms with Crippen molar-refractivity contribution in [3.05, 3.63) is 23.8 Å². The van der Waals surface area contributed by atoms with E-state index in [4.69, 9.17) is 0 Å². The summed E-state index contributed by atoms with van der Waals surface area (Å²) in [6, 6.07) is 6.28. The van der Waals surface area contributed by atoms with Crippen LogP contribution in [0.15, 0.2) is 23.4 Å². The molecule has 3 aromatic rings. The molecular formula is C16H21N5S. The van der Waals surface area contributed by atoms with Crippen molar-refractivity contribution in [3.8, 4) is 0 Å². The highest BCUT2D eigenvalue weighted by atomic mass is 32.2. The highest BCUT2D eigenvalue weighted by Gasteiger charge is 2.10. The molecule has 0 aliphatic heterocycles. The molecular weight excluding hydrogens is 294 g/mol. The lowest BCUT2D eigenvalue weighted by Gasteiger charge is -2.16. The first-order valence-electron chi connectivity index (χ1n) is 7.69. The summed E-state index contributed by atoms with van der Waals surface area (Å²) in [5.74, 6) is 0.980. The Kier molecular flexibility index (Phi) is 4.59. The molecule has 0 fully saturated rings. The molecule has 3 rings (SSSR count). The Labute approximate surface area is 134 Å². The van der Waals surface area contributed by atoms with Gasteiger partial charge in [0.05, 0.1) is 0 Å². The Bertz CT molecular complexity index is 779. The summed E-state index contributed by atoms with van der Waals surface area (Å²) >= 11 is 1.66. The number of H-pyrrole nitrogens is 1. The van der Waals surface area contributed by atoms with Crippen LogP contribution in [0.25, 0.3) is 22.1 Å². The quantitative estimate of drug-likeness (QED) is 0.708. The average Bonchev–Trinajstić information content (AvgIpc) is 2.88. The molecule has 0 atom stereocenters. The number of nitrogens with zero attached hydrogens (tertiary/aromatic N) is 4. The molecule has 0 unspecified atom stereocenters. The van der Waals surface area contributed by atoms with Gasteiger partial charge in [-0.05, 0) is 32.1 Å². The number of thioether (sulfide) groups is 1.